The van der Waals surface area contributed by atoms with E-state index in [1.165, 1.54) is 34.4 Å². The Morgan fingerprint density at radius 2 is 1.98 bits per heavy atom. The van der Waals surface area contributed by atoms with Gasteiger partial charge in [-0.3, -0.25) is 9.59 Å². The van der Waals surface area contributed by atoms with Crippen LogP contribution in [0, 0.1) is 26.6 Å². The minimum Gasteiger partial charge on any atom is -0.506 e. The van der Waals surface area contributed by atoms with Crippen LogP contribution in [0.4, 0.5) is 5.69 Å². The number of nitrogens with zero attached hydrogens (tertiary/aromatic N) is 3. The standard InChI is InChI=1S/C30H36N4O7S/c1-29(2)18-10-11-30(29,3)24(16-18)41-28(38)21-6-4-12-34(21)27(37)25(23-7-5-13-42-23)31-26(36)20(33-40)14-17-8-9-19(32-39)22(35)15-17/h5,7-9,13,15,18,20-21,24-25,35H,4,6,10-12,14,16H2,1-3H3,(H,31,36). The van der Waals surface area contributed by atoms with Gasteiger partial charge in [-0.1, -0.05) is 38.1 Å². The number of likely N-dealkylation sites (tertiary alicyclic amines) is 1. The maximum Gasteiger partial charge on any atom is 0.329 e. The van der Waals surface area contributed by atoms with Gasteiger partial charge in [0.05, 0.1) is 0 Å². The fourth-order valence-electron chi connectivity index (χ4n) is 7.09. The third-order valence-corrected chi connectivity index (χ3v) is 11.1. The summed E-state index contributed by atoms with van der Waals surface area (Å²) in [5.41, 5.74) is 0.191. The van der Waals surface area contributed by atoms with Crippen molar-refractivity contribution in [2.75, 3.05) is 6.54 Å². The molecule has 224 valence electrons. The summed E-state index contributed by atoms with van der Waals surface area (Å²) in [6, 6.07) is 4.16. The summed E-state index contributed by atoms with van der Waals surface area (Å²) in [5, 5.41) is 20.0. The summed E-state index contributed by atoms with van der Waals surface area (Å²) in [7, 11) is 0. The number of phenols is 1. The smallest absolute Gasteiger partial charge is 0.329 e. The van der Waals surface area contributed by atoms with Crippen LogP contribution in [0.25, 0.3) is 0 Å². The average Bonchev–Trinajstić information content (AvgIpc) is 3.74. The van der Waals surface area contributed by atoms with Gasteiger partial charge < -0.3 is 20.1 Å². The third kappa shape index (κ3) is 5.21. The molecule has 2 aliphatic carbocycles. The number of thiophene rings is 1. The minimum atomic E-state index is -1.41. The summed E-state index contributed by atoms with van der Waals surface area (Å²) >= 11 is 1.27. The molecule has 1 aliphatic heterocycles. The highest BCUT2D eigenvalue weighted by Gasteiger charge is 2.63. The van der Waals surface area contributed by atoms with Gasteiger partial charge in [0.15, 0.2) is 6.04 Å². The molecule has 3 fully saturated rings. The number of aromatic hydroxyl groups is 1. The van der Waals surface area contributed by atoms with E-state index in [0.717, 1.165) is 19.3 Å². The Balaban J connectivity index is 1.30. The molecule has 6 unspecified atom stereocenters. The molecule has 1 aromatic carbocycles. The van der Waals surface area contributed by atoms with Crippen molar-refractivity contribution in [2.45, 2.75) is 83.5 Å². The van der Waals surface area contributed by atoms with Crippen LogP contribution in [-0.2, 0) is 25.5 Å². The fourth-order valence-corrected chi connectivity index (χ4v) is 7.86. The Kier molecular flexibility index (Phi) is 8.19. The van der Waals surface area contributed by atoms with Crippen LogP contribution in [0.2, 0.25) is 0 Å². The number of hydrogen-bond donors (Lipinski definition) is 2. The van der Waals surface area contributed by atoms with Crippen LogP contribution in [0.15, 0.2) is 46.1 Å². The lowest BCUT2D eigenvalue weighted by Crippen LogP contribution is -2.50. The first-order valence-electron chi connectivity index (χ1n) is 14.3. The summed E-state index contributed by atoms with van der Waals surface area (Å²) in [6.07, 6.45) is 3.71. The molecule has 2 saturated carbocycles. The number of phenolic OH excluding ortho intramolecular Hbond substituents is 1. The second kappa shape index (κ2) is 11.5. The molecule has 12 heteroatoms. The second-order valence-corrected chi connectivity index (χ2v) is 13.4. The number of amides is 2. The Hall–Kier alpha value is -3.67. The highest BCUT2D eigenvalue weighted by Crippen LogP contribution is 2.66. The summed E-state index contributed by atoms with van der Waals surface area (Å²) in [5.74, 6) is -1.51. The average molecular weight is 597 g/mol. The minimum absolute atomic E-state index is 0.0764. The van der Waals surface area contributed by atoms with Crippen molar-refractivity contribution in [1.82, 2.24) is 10.2 Å². The van der Waals surface area contributed by atoms with Gasteiger partial charge in [-0.15, -0.1) is 21.2 Å². The number of nitrogens with one attached hydrogen (secondary N) is 1. The van der Waals surface area contributed by atoms with Crippen molar-refractivity contribution in [1.29, 1.82) is 0 Å². The zero-order chi connectivity index (χ0) is 30.2. The lowest BCUT2D eigenvalue weighted by molar-refractivity contribution is -0.165. The first kappa shape index (κ1) is 29.8. The molecule has 11 nitrogen and oxygen atoms in total. The topological polar surface area (TPSA) is 155 Å². The zero-order valence-corrected chi connectivity index (χ0v) is 24.8. The van der Waals surface area contributed by atoms with Gasteiger partial charge in [-0.25, -0.2) is 4.79 Å². The molecular weight excluding hydrogens is 560 g/mol. The number of rotatable bonds is 10. The van der Waals surface area contributed by atoms with Crippen LogP contribution in [0.5, 0.6) is 5.75 Å². The Morgan fingerprint density at radius 3 is 2.57 bits per heavy atom. The molecule has 5 rings (SSSR count). The van der Waals surface area contributed by atoms with Crippen LogP contribution in [0.1, 0.15) is 69.4 Å². The van der Waals surface area contributed by atoms with Gasteiger partial charge in [0.1, 0.15) is 29.6 Å². The van der Waals surface area contributed by atoms with E-state index in [4.69, 9.17) is 4.74 Å². The molecule has 0 radical (unpaired) electrons. The largest absolute Gasteiger partial charge is 0.506 e. The van der Waals surface area contributed by atoms with E-state index in [2.05, 4.69) is 36.4 Å². The first-order chi connectivity index (χ1) is 20.0. The predicted molar refractivity (Wildman–Crippen MR) is 156 cm³/mol. The van der Waals surface area contributed by atoms with E-state index < -0.39 is 35.9 Å². The highest BCUT2D eigenvalue weighted by molar-refractivity contribution is 7.10. The molecule has 2 bridgehead atoms. The molecular formula is C30H36N4O7S. The van der Waals surface area contributed by atoms with Gasteiger partial charge >= 0.3 is 5.97 Å². The van der Waals surface area contributed by atoms with Crippen molar-refractivity contribution in [3.05, 3.63) is 56.0 Å². The molecule has 2 N–H and O–H groups in total. The van der Waals surface area contributed by atoms with Crippen molar-refractivity contribution >= 4 is 34.8 Å². The first-order valence-corrected chi connectivity index (χ1v) is 15.2. The number of fused-ring (bicyclic) bond motifs is 2. The maximum atomic E-state index is 13.9. The van der Waals surface area contributed by atoms with E-state index in [1.807, 2.05) is 0 Å². The molecule has 6 atom stereocenters. The van der Waals surface area contributed by atoms with Gasteiger partial charge in [-0.2, -0.15) is 0 Å². The summed E-state index contributed by atoms with van der Waals surface area (Å²) in [4.78, 5) is 65.2. The van der Waals surface area contributed by atoms with Crippen molar-refractivity contribution in [3.8, 4) is 5.75 Å². The quantitative estimate of drug-likeness (QED) is 0.284. The lowest BCUT2D eigenvalue weighted by Gasteiger charge is -2.39. The normalized spacial score (nSPS) is 27.3. The molecule has 3 aliphatic rings. The van der Waals surface area contributed by atoms with Crippen molar-refractivity contribution in [2.24, 2.45) is 27.1 Å². The number of benzene rings is 1. The van der Waals surface area contributed by atoms with Crippen molar-refractivity contribution in [3.63, 3.8) is 0 Å². The van der Waals surface area contributed by atoms with Crippen LogP contribution < -0.4 is 5.32 Å². The van der Waals surface area contributed by atoms with Gasteiger partial charge in [0, 0.05) is 23.3 Å². The molecule has 2 heterocycles. The number of carbonyl (C=O) groups is 3. The van der Waals surface area contributed by atoms with Crippen molar-refractivity contribution < 1.29 is 24.2 Å². The van der Waals surface area contributed by atoms with Gasteiger partial charge in [0.2, 0.25) is 5.91 Å². The fraction of sp³-hybridized carbons (Fsp3) is 0.567. The van der Waals surface area contributed by atoms with E-state index >= 15 is 0 Å². The Morgan fingerprint density at radius 1 is 1.19 bits per heavy atom. The van der Waals surface area contributed by atoms with E-state index in [-0.39, 0.29) is 34.8 Å². The predicted octanol–water partition coefficient (Wildman–Crippen LogP) is 5.14. The lowest BCUT2D eigenvalue weighted by atomic mass is 9.70. The van der Waals surface area contributed by atoms with Crippen LogP contribution in [0.3, 0.4) is 0 Å². The van der Waals surface area contributed by atoms with E-state index in [1.54, 1.807) is 17.5 Å². The van der Waals surface area contributed by atoms with E-state index in [0.29, 0.717) is 35.7 Å². The summed E-state index contributed by atoms with van der Waals surface area (Å²) in [6.45, 7) is 7.04. The molecule has 1 saturated heterocycles. The molecule has 0 spiro atoms. The zero-order valence-electron chi connectivity index (χ0n) is 23.9. The molecule has 1 aromatic heterocycles. The number of carbonyl (C=O) groups excluding carboxylic acids is 3. The third-order valence-electron chi connectivity index (χ3n) is 10.1. The number of hydrogen-bond acceptors (Lipinski definition) is 10. The monoisotopic (exact) mass is 596 g/mol. The Labute approximate surface area is 248 Å². The number of esters is 1. The summed E-state index contributed by atoms with van der Waals surface area (Å²) < 4.78 is 6.13. The van der Waals surface area contributed by atoms with Crippen LogP contribution in [-0.4, -0.2) is 52.5 Å². The number of ether oxygens (including phenoxy) is 1. The number of nitroso groups, excluding NO2 is 2. The molecule has 2 aromatic rings. The van der Waals surface area contributed by atoms with Gasteiger partial charge in [-0.05, 0) is 77.8 Å². The second-order valence-electron chi connectivity index (χ2n) is 12.4. The molecule has 2 amide bonds. The maximum absolute atomic E-state index is 13.9. The molecule has 42 heavy (non-hydrogen) atoms. The highest BCUT2D eigenvalue weighted by atomic mass is 32.1. The van der Waals surface area contributed by atoms with Gasteiger partial charge in [0.25, 0.3) is 5.91 Å². The van der Waals surface area contributed by atoms with Crippen LogP contribution >= 0.6 is 11.3 Å². The van der Waals surface area contributed by atoms with E-state index in [9.17, 15) is 29.3 Å². The Bertz CT molecular complexity index is 1380. The SMILES string of the molecule is CC1(C)C2CCC1(C)C(OC(=O)C1CCCN1C(=O)C(NC(=O)C(Cc1ccc(N=O)c(O)c1)N=O)c1cccs1)C2.